The lowest BCUT2D eigenvalue weighted by Gasteiger charge is -2.31. The maximum absolute atomic E-state index is 13.9. The molecule has 1 saturated heterocycles. The first-order valence-corrected chi connectivity index (χ1v) is 13.2. The van der Waals surface area contributed by atoms with Gasteiger partial charge in [-0.15, -0.1) is 0 Å². The SMILES string of the molecule is O=C(O)C1CCCN(c2cccc(SNc3ccc(C(F)(F)F)c(-c4ccccc4C4CCC4)n3)n2)C1. The van der Waals surface area contributed by atoms with Gasteiger partial charge in [0.05, 0.1) is 17.2 Å². The molecule has 1 aliphatic carbocycles. The Hall–Kier alpha value is -3.27. The second-order valence-corrected chi connectivity index (χ2v) is 10.3. The van der Waals surface area contributed by atoms with E-state index in [1.807, 2.05) is 29.2 Å². The van der Waals surface area contributed by atoms with Crippen molar-refractivity contribution >= 4 is 29.6 Å². The number of pyridine rings is 2. The van der Waals surface area contributed by atoms with E-state index in [0.29, 0.717) is 35.2 Å². The topological polar surface area (TPSA) is 78.4 Å². The van der Waals surface area contributed by atoms with Crippen molar-refractivity contribution in [2.75, 3.05) is 22.7 Å². The van der Waals surface area contributed by atoms with Crippen LogP contribution in [-0.4, -0.2) is 34.1 Å². The van der Waals surface area contributed by atoms with Crippen LogP contribution < -0.4 is 9.62 Å². The number of nitrogens with one attached hydrogen (secondary N) is 1. The molecule has 0 radical (unpaired) electrons. The van der Waals surface area contributed by atoms with E-state index >= 15 is 0 Å². The standard InChI is InChI=1S/C27H27F3N4O2S/c28-27(29,30)21-13-14-22(31-25(21)20-10-2-1-9-19(20)17-6-3-7-17)33-37-24-12-4-11-23(32-24)34-15-5-8-18(16-34)26(35)36/h1-2,4,9-14,17-18H,3,5-8,15-16H2,(H,31,33)(H,35,36). The van der Waals surface area contributed by atoms with Gasteiger partial charge in [-0.3, -0.25) is 4.79 Å². The molecule has 0 spiro atoms. The fourth-order valence-electron chi connectivity index (χ4n) is 4.87. The Balaban J connectivity index is 1.38. The third-order valence-corrected chi connectivity index (χ3v) is 7.77. The molecule has 1 saturated carbocycles. The summed E-state index contributed by atoms with van der Waals surface area (Å²) in [5, 5.41) is 9.97. The van der Waals surface area contributed by atoms with Crippen molar-refractivity contribution in [3.05, 3.63) is 65.7 Å². The maximum atomic E-state index is 13.9. The zero-order chi connectivity index (χ0) is 26.0. The fourth-order valence-corrected chi connectivity index (χ4v) is 5.47. The second kappa shape index (κ2) is 10.6. The van der Waals surface area contributed by atoms with Gasteiger partial charge >= 0.3 is 12.1 Å². The fraction of sp³-hybridized carbons (Fsp3) is 0.370. The molecule has 5 rings (SSSR count). The summed E-state index contributed by atoms with van der Waals surface area (Å²) in [6, 6.07) is 15.1. The van der Waals surface area contributed by atoms with Crippen LogP contribution in [0, 0.1) is 5.92 Å². The summed E-state index contributed by atoms with van der Waals surface area (Å²) in [4.78, 5) is 22.4. The molecule has 6 nitrogen and oxygen atoms in total. The lowest BCUT2D eigenvalue weighted by Crippen LogP contribution is -2.39. The van der Waals surface area contributed by atoms with E-state index in [1.165, 1.54) is 6.07 Å². The molecule has 1 aromatic carbocycles. The molecule has 2 aromatic heterocycles. The van der Waals surface area contributed by atoms with E-state index < -0.39 is 23.6 Å². The van der Waals surface area contributed by atoms with Crippen molar-refractivity contribution in [1.29, 1.82) is 0 Å². The molecule has 2 N–H and O–H groups in total. The van der Waals surface area contributed by atoms with E-state index in [4.69, 9.17) is 0 Å². The molecule has 2 fully saturated rings. The highest BCUT2D eigenvalue weighted by atomic mass is 32.2. The Morgan fingerprint density at radius 2 is 1.81 bits per heavy atom. The molecule has 10 heteroatoms. The van der Waals surface area contributed by atoms with Gasteiger partial charge in [0.25, 0.3) is 0 Å². The van der Waals surface area contributed by atoms with Gasteiger partial charge in [0.15, 0.2) is 0 Å². The largest absolute Gasteiger partial charge is 0.481 e. The Labute approximate surface area is 217 Å². The molecule has 1 aliphatic heterocycles. The molecule has 0 amide bonds. The molecule has 194 valence electrons. The number of carboxylic acids is 1. The Bertz CT molecular complexity index is 1280. The summed E-state index contributed by atoms with van der Waals surface area (Å²) >= 11 is 1.15. The molecule has 3 aromatic rings. The number of hydrogen-bond acceptors (Lipinski definition) is 6. The zero-order valence-corrected chi connectivity index (χ0v) is 20.9. The van der Waals surface area contributed by atoms with E-state index in [1.54, 1.807) is 18.2 Å². The van der Waals surface area contributed by atoms with Crippen LogP contribution >= 0.6 is 11.9 Å². The van der Waals surface area contributed by atoms with Crippen LogP contribution in [-0.2, 0) is 11.0 Å². The Morgan fingerprint density at radius 1 is 1.00 bits per heavy atom. The predicted molar refractivity (Wildman–Crippen MR) is 138 cm³/mol. The quantitative estimate of drug-likeness (QED) is 0.325. The summed E-state index contributed by atoms with van der Waals surface area (Å²) in [7, 11) is 0. The first kappa shape index (κ1) is 25.4. The number of aromatic nitrogens is 2. The van der Waals surface area contributed by atoms with Crippen LogP contribution in [0.15, 0.2) is 59.6 Å². The highest BCUT2D eigenvalue weighted by Crippen LogP contribution is 2.44. The van der Waals surface area contributed by atoms with Gasteiger partial charge in [-0.25, -0.2) is 9.97 Å². The molecule has 3 heterocycles. The minimum atomic E-state index is -4.53. The monoisotopic (exact) mass is 528 g/mol. The van der Waals surface area contributed by atoms with Gasteiger partial charge in [-0.05, 0) is 61.4 Å². The number of rotatable bonds is 7. The molecule has 37 heavy (non-hydrogen) atoms. The van der Waals surface area contributed by atoms with E-state index in [9.17, 15) is 23.1 Å². The minimum absolute atomic E-state index is 0.0738. The number of piperidine rings is 1. The van der Waals surface area contributed by atoms with Gasteiger partial charge in [0, 0.05) is 30.6 Å². The van der Waals surface area contributed by atoms with Crippen LogP contribution in [0.5, 0.6) is 0 Å². The summed E-state index contributed by atoms with van der Waals surface area (Å²) in [6.07, 6.45) is -0.0879. The molecular weight excluding hydrogens is 501 g/mol. The van der Waals surface area contributed by atoms with Crippen molar-refractivity contribution in [3.8, 4) is 11.3 Å². The van der Waals surface area contributed by atoms with Gasteiger partial charge in [0.2, 0.25) is 0 Å². The Kier molecular flexibility index (Phi) is 7.28. The van der Waals surface area contributed by atoms with Crippen LogP contribution in [0.1, 0.15) is 49.1 Å². The maximum Gasteiger partial charge on any atom is 0.418 e. The minimum Gasteiger partial charge on any atom is -0.481 e. The Morgan fingerprint density at radius 3 is 2.54 bits per heavy atom. The number of anilines is 2. The van der Waals surface area contributed by atoms with Gasteiger partial charge in [-0.1, -0.05) is 36.8 Å². The first-order chi connectivity index (χ1) is 17.8. The summed E-state index contributed by atoms with van der Waals surface area (Å²) in [5.74, 6) is -0.00387. The highest BCUT2D eigenvalue weighted by molar-refractivity contribution is 8.00. The third kappa shape index (κ3) is 5.69. The van der Waals surface area contributed by atoms with E-state index in [2.05, 4.69) is 14.7 Å². The first-order valence-electron chi connectivity index (χ1n) is 12.3. The van der Waals surface area contributed by atoms with Crippen LogP contribution in [0.3, 0.4) is 0 Å². The predicted octanol–water partition coefficient (Wildman–Crippen LogP) is 6.85. The van der Waals surface area contributed by atoms with Crippen LogP contribution in [0.2, 0.25) is 0 Å². The summed E-state index contributed by atoms with van der Waals surface area (Å²) in [5.41, 5.74) is 0.599. The van der Waals surface area contributed by atoms with Crippen LogP contribution in [0.4, 0.5) is 24.8 Å². The summed E-state index contributed by atoms with van der Waals surface area (Å²) in [6.45, 7) is 1.12. The lowest BCUT2D eigenvalue weighted by molar-refractivity contribution is -0.142. The van der Waals surface area contributed by atoms with Crippen molar-refractivity contribution in [2.45, 2.75) is 49.2 Å². The number of halogens is 3. The van der Waals surface area contributed by atoms with Crippen molar-refractivity contribution in [2.24, 2.45) is 5.92 Å². The number of hydrogen-bond donors (Lipinski definition) is 2. The molecule has 0 bridgehead atoms. The third-order valence-electron chi connectivity index (χ3n) is 7.03. The number of aliphatic carboxylic acids is 1. The van der Waals surface area contributed by atoms with Gasteiger partial charge in [0.1, 0.15) is 16.7 Å². The lowest BCUT2D eigenvalue weighted by atomic mass is 9.77. The zero-order valence-electron chi connectivity index (χ0n) is 20.0. The van der Waals surface area contributed by atoms with E-state index in [0.717, 1.165) is 55.8 Å². The highest BCUT2D eigenvalue weighted by Gasteiger charge is 2.36. The number of carboxylic acid groups (broad SMARTS) is 1. The summed E-state index contributed by atoms with van der Waals surface area (Å²) < 4.78 is 44.8. The number of alkyl halides is 3. The average Bonchev–Trinajstić information content (AvgIpc) is 2.86. The number of benzene rings is 1. The molecule has 2 aliphatic rings. The van der Waals surface area contributed by atoms with Crippen molar-refractivity contribution < 1.29 is 23.1 Å². The number of nitrogens with zero attached hydrogens (tertiary/aromatic N) is 3. The molecular formula is C27H27F3N4O2S. The van der Waals surface area contributed by atoms with E-state index in [-0.39, 0.29) is 11.6 Å². The van der Waals surface area contributed by atoms with Gasteiger partial charge in [-0.2, -0.15) is 13.2 Å². The second-order valence-electron chi connectivity index (χ2n) is 9.47. The van der Waals surface area contributed by atoms with Crippen molar-refractivity contribution in [1.82, 2.24) is 9.97 Å². The molecule has 1 unspecified atom stereocenters. The number of carbonyl (C=O) groups is 1. The molecule has 1 atom stereocenters. The van der Waals surface area contributed by atoms with Crippen molar-refractivity contribution in [3.63, 3.8) is 0 Å². The average molecular weight is 529 g/mol. The van der Waals surface area contributed by atoms with Gasteiger partial charge < -0.3 is 14.7 Å². The normalized spacial score (nSPS) is 18.4. The smallest absolute Gasteiger partial charge is 0.418 e. The van der Waals surface area contributed by atoms with Crippen LogP contribution in [0.25, 0.3) is 11.3 Å².